The van der Waals surface area contributed by atoms with Crippen LogP contribution in [-0.4, -0.2) is 35.9 Å². The van der Waals surface area contributed by atoms with Gasteiger partial charge in [-0.25, -0.2) is 9.37 Å². The molecule has 0 aliphatic carbocycles. The third-order valence-corrected chi connectivity index (χ3v) is 1.92. The average molecular weight is 211 g/mol. The molecule has 15 heavy (non-hydrogen) atoms. The molecule has 0 spiro atoms. The van der Waals surface area contributed by atoms with Gasteiger partial charge in [-0.05, 0) is 19.1 Å². The largest absolute Gasteiger partial charge is 0.356 e. The molecule has 4 nitrogen and oxygen atoms in total. The number of nitrogens with zero attached hydrogens (tertiary/aromatic N) is 2. The Kier molecular flexibility index (Phi) is 3.60. The summed E-state index contributed by atoms with van der Waals surface area (Å²) in [5, 5.41) is 2.71. The van der Waals surface area contributed by atoms with E-state index in [4.69, 9.17) is 0 Å². The van der Waals surface area contributed by atoms with Crippen LogP contribution in [0.4, 0.5) is 10.2 Å². The van der Waals surface area contributed by atoms with Crippen LogP contribution in [0.25, 0.3) is 0 Å². The molecule has 0 aromatic carbocycles. The highest BCUT2D eigenvalue weighted by atomic mass is 19.1. The average Bonchev–Trinajstić information content (AvgIpc) is 2.20. The monoisotopic (exact) mass is 211 g/mol. The molecule has 1 unspecified atom stereocenters. The predicted octanol–water partition coefficient (Wildman–Crippen LogP) is 1.11. The van der Waals surface area contributed by atoms with Gasteiger partial charge in [0, 0.05) is 20.3 Å². The van der Waals surface area contributed by atoms with Crippen LogP contribution in [0.1, 0.15) is 6.92 Å². The Morgan fingerprint density at radius 2 is 2.27 bits per heavy atom. The van der Waals surface area contributed by atoms with E-state index < -0.39 is 11.9 Å². The van der Waals surface area contributed by atoms with Crippen LogP contribution in [0.3, 0.4) is 0 Å². The molecule has 1 heterocycles. The van der Waals surface area contributed by atoms with Crippen LogP contribution < -0.4 is 5.32 Å². The summed E-state index contributed by atoms with van der Waals surface area (Å²) in [5.41, 5.74) is 0. The van der Waals surface area contributed by atoms with Crippen LogP contribution in [0.15, 0.2) is 18.3 Å². The maximum atomic E-state index is 13.2. The molecule has 1 atom stereocenters. The lowest BCUT2D eigenvalue weighted by Crippen LogP contribution is -2.37. The third kappa shape index (κ3) is 2.90. The van der Waals surface area contributed by atoms with E-state index in [-0.39, 0.29) is 11.7 Å². The van der Waals surface area contributed by atoms with Gasteiger partial charge in [0.2, 0.25) is 5.91 Å². The molecule has 0 bridgehead atoms. The van der Waals surface area contributed by atoms with E-state index in [1.54, 1.807) is 21.0 Å². The van der Waals surface area contributed by atoms with Crippen molar-refractivity contribution in [3.05, 3.63) is 24.1 Å². The molecule has 5 heteroatoms. The maximum Gasteiger partial charge on any atom is 0.244 e. The number of nitrogens with one attached hydrogen (secondary N) is 1. The number of halogens is 1. The van der Waals surface area contributed by atoms with E-state index in [0.29, 0.717) is 0 Å². The van der Waals surface area contributed by atoms with Gasteiger partial charge in [-0.1, -0.05) is 0 Å². The molecule has 0 fully saturated rings. The molecule has 0 radical (unpaired) electrons. The van der Waals surface area contributed by atoms with E-state index in [2.05, 4.69) is 10.3 Å². The molecule has 0 aliphatic rings. The van der Waals surface area contributed by atoms with Crippen LogP contribution in [0, 0.1) is 5.82 Å². The highest BCUT2D eigenvalue weighted by Crippen LogP contribution is 2.10. The molecule has 1 amide bonds. The van der Waals surface area contributed by atoms with Crippen molar-refractivity contribution in [3.63, 3.8) is 0 Å². The first-order valence-corrected chi connectivity index (χ1v) is 4.60. The first kappa shape index (κ1) is 11.4. The number of carbonyl (C=O) groups is 1. The Labute approximate surface area is 88.1 Å². The molecular weight excluding hydrogens is 197 g/mol. The molecule has 82 valence electrons. The lowest BCUT2D eigenvalue weighted by atomic mass is 10.3. The van der Waals surface area contributed by atoms with Crippen molar-refractivity contribution in [2.24, 2.45) is 0 Å². The summed E-state index contributed by atoms with van der Waals surface area (Å²) in [4.78, 5) is 16.7. The van der Waals surface area contributed by atoms with Crippen molar-refractivity contribution in [1.29, 1.82) is 0 Å². The van der Waals surface area contributed by atoms with Gasteiger partial charge < -0.3 is 10.2 Å². The maximum absolute atomic E-state index is 13.2. The van der Waals surface area contributed by atoms with Crippen LogP contribution in [0.2, 0.25) is 0 Å². The summed E-state index contributed by atoms with van der Waals surface area (Å²) in [5.74, 6) is -0.490. The molecule has 0 saturated heterocycles. The highest BCUT2D eigenvalue weighted by molar-refractivity contribution is 5.83. The first-order chi connectivity index (χ1) is 7.02. The zero-order chi connectivity index (χ0) is 11.4. The van der Waals surface area contributed by atoms with Gasteiger partial charge in [-0.3, -0.25) is 4.79 Å². The van der Waals surface area contributed by atoms with Gasteiger partial charge in [0.15, 0.2) is 11.6 Å². The number of hydrogen-bond donors (Lipinski definition) is 1. The number of pyridine rings is 1. The third-order valence-electron chi connectivity index (χ3n) is 1.92. The molecule has 1 rings (SSSR count). The summed E-state index contributed by atoms with van der Waals surface area (Å²) in [6.07, 6.45) is 1.47. The topological polar surface area (TPSA) is 45.2 Å². The second-order valence-corrected chi connectivity index (χ2v) is 3.43. The van der Waals surface area contributed by atoms with Crippen molar-refractivity contribution in [2.75, 3.05) is 19.4 Å². The zero-order valence-electron chi connectivity index (χ0n) is 8.99. The van der Waals surface area contributed by atoms with E-state index in [1.807, 2.05) is 0 Å². The van der Waals surface area contributed by atoms with Crippen molar-refractivity contribution >= 4 is 11.7 Å². The van der Waals surface area contributed by atoms with Crippen molar-refractivity contribution in [1.82, 2.24) is 9.88 Å². The van der Waals surface area contributed by atoms with Crippen LogP contribution in [0.5, 0.6) is 0 Å². The van der Waals surface area contributed by atoms with Crippen LogP contribution >= 0.6 is 0 Å². The predicted molar refractivity (Wildman–Crippen MR) is 56.0 cm³/mol. The Bertz CT molecular complexity index is 354. The summed E-state index contributed by atoms with van der Waals surface area (Å²) >= 11 is 0. The van der Waals surface area contributed by atoms with Gasteiger partial charge in [-0.15, -0.1) is 0 Å². The molecule has 1 aromatic heterocycles. The van der Waals surface area contributed by atoms with Gasteiger partial charge in [0.25, 0.3) is 0 Å². The number of aromatic nitrogens is 1. The van der Waals surface area contributed by atoms with Crippen molar-refractivity contribution in [2.45, 2.75) is 13.0 Å². The lowest BCUT2D eigenvalue weighted by molar-refractivity contribution is -0.129. The minimum atomic E-state index is -0.496. The number of anilines is 1. The zero-order valence-corrected chi connectivity index (χ0v) is 8.99. The number of likely N-dealkylation sites (N-methyl/N-ethyl adjacent to an activating group) is 1. The smallest absolute Gasteiger partial charge is 0.244 e. The molecule has 0 saturated carbocycles. The van der Waals surface area contributed by atoms with E-state index in [9.17, 15) is 9.18 Å². The Morgan fingerprint density at radius 3 is 2.80 bits per heavy atom. The fraction of sp³-hybridized carbons (Fsp3) is 0.400. The number of hydrogen-bond acceptors (Lipinski definition) is 3. The summed E-state index contributed by atoms with van der Waals surface area (Å²) in [6, 6.07) is 2.30. The van der Waals surface area contributed by atoms with Gasteiger partial charge in [0.05, 0.1) is 0 Å². The highest BCUT2D eigenvalue weighted by Gasteiger charge is 2.16. The fourth-order valence-electron chi connectivity index (χ4n) is 1.15. The van der Waals surface area contributed by atoms with Gasteiger partial charge in [0.1, 0.15) is 6.04 Å². The molecule has 1 N–H and O–H groups in total. The first-order valence-electron chi connectivity index (χ1n) is 4.60. The van der Waals surface area contributed by atoms with E-state index >= 15 is 0 Å². The Balaban J connectivity index is 2.71. The van der Waals surface area contributed by atoms with Gasteiger partial charge in [-0.2, -0.15) is 0 Å². The number of carbonyl (C=O) groups excluding carboxylic acids is 1. The fourth-order valence-corrected chi connectivity index (χ4v) is 1.15. The Morgan fingerprint density at radius 1 is 1.60 bits per heavy atom. The molecule has 0 aliphatic heterocycles. The van der Waals surface area contributed by atoms with Crippen molar-refractivity contribution in [3.8, 4) is 0 Å². The van der Waals surface area contributed by atoms with E-state index in [1.165, 1.54) is 23.2 Å². The van der Waals surface area contributed by atoms with Crippen LogP contribution in [-0.2, 0) is 4.79 Å². The standard InChI is InChI=1S/C10H14FN3O/c1-7(10(15)14(2)3)13-9-8(11)5-4-6-12-9/h4-7H,1-3H3,(H,12,13). The molecular formula is C10H14FN3O. The lowest BCUT2D eigenvalue weighted by Gasteiger charge is -2.18. The summed E-state index contributed by atoms with van der Waals surface area (Å²) in [6.45, 7) is 1.66. The second kappa shape index (κ2) is 4.72. The summed E-state index contributed by atoms with van der Waals surface area (Å²) < 4.78 is 13.2. The van der Waals surface area contributed by atoms with Gasteiger partial charge >= 0.3 is 0 Å². The SMILES string of the molecule is CC(Nc1ncccc1F)C(=O)N(C)C. The summed E-state index contributed by atoms with van der Waals surface area (Å²) in [7, 11) is 3.30. The Hall–Kier alpha value is -1.65. The normalized spacial score (nSPS) is 12.0. The number of amides is 1. The van der Waals surface area contributed by atoms with E-state index in [0.717, 1.165) is 0 Å². The minimum Gasteiger partial charge on any atom is -0.356 e. The second-order valence-electron chi connectivity index (χ2n) is 3.43. The van der Waals surface area contributed by atoms with Crippen molar-refractivity contribution < 1.29 is 9.18 Å². The number of rotatable bonds is 3. The minimum absolute atomic E-state index is 0.0974. The molecule has 1 aromatic rings. The quantitative estimate of drug-likeness (QED) is 0.814.